The minimum atomic E-state index is -0.691. The molecular weight excluding hydrogens is 186 g/mol. The molecule has 0 saturated heterocycles. The fraction of sp³-hybridized carbons (Fsp3) is 0.889. The topological polar surface area (TPSA) is 49.3 Å². The average molecular weight is 203 g/mol. The van der Waals surface area contributed by atoms with Crippen LogP contribution in [0.3, 0.4) is 0 Å². The van der Waals surface area contributed by atoms with E-state index in [-0.39, 0.29) is 6.04 Å². The van der Waals surface area contributed by atoms with Crippen molar-refractivity contribution in [3.63, 3.8) is 0 Å². The quantitative estimate of drug-likeness (QED) is 0.610. The molecule has 0 bridgehead atoms. The zero-order valence-corrected chi connectivity index (χ0v) is 8.77. The van der Waals surface area contributed by atoms with Crippen molar-refractivity contribution in [1.82, 2.24) is 5.32 Å². The van der Waals surface area contributed by atoms with Gasteiger partial charge in [0, 0.05) is 12.3 Å². The zero-order chi connectivity index (χ0) is 9.68. The molecule has 3 nitrogen and oxygen atoms in total. The normalized spacial score (nSPS) is 18.5. The second-order valence-electron chi connectivity index (χ2n) is 3.30. The molecule has 0 aliphatic heterocycles. The number of thioether (sulfide) groups is 1. The van der Waals surface area contributed by atoms with E-state index in [1.54, 1.807) is 0 Å². The zero-order valence-electron chi connectivity index (χ0n) is 7.95. The van der Waals surface area contributed by atoms with Crippen molar-refractivity contribution in [2.45, 2.75) is 25.8 Å². The summed E-state index contributed by atoms with van der Waals surface area (Å²) in [4.78, 5) is 10.8. The lowest BCUT2D eigenvalue weighted by Gasteiger charge is -2.12. The highest BCUT2D eigenvalue weighted by molar-refractivity contribution is 7.99. The third-order valence-electron chi connectivity index (χ3n) is 2.17. The molecule has 1 atom stereocenters. The van der Waals surface area contributed by atoms with Gasteiger partial charge in [0.2, 0.25) is 0 Å². The predicted octanol–water partition coefficient (Wildman–Crippen LogP) is 1.19. The van der Waals surface area contributed by atoms with Gasteiger partial charge in [0.1, 0.15) is 6.04 Å². The van der Waals surface area contributed by atoms with Crippen molar-refractivity contribution >= 4 is 17.7 Å². The summed E-state index contributed by atoms with van der Waals surface area (Å²) in [5.74, 6) is 1.81. The van der Waals surface area contributed by atoms with Gasteiger partial charge in [-0.15, -0.1) is 0 Å². The summed E-state index contributed by atoms with van der Waals surface area (Å²) in [6.07, 6.45) is 2.15. The lowest BCUT2D eigenvalue weighted by Crippen LogP contribution is -2.39. The summed E-state index contributed by atoms with van der Waals surface area (Å²) in [6, 6.07) is -0.294. The number of carbonyl (C=O) groups is 1. The minimum absolute atomic E-state index is 0.294. The van der Waals surface area contributed by atoms with Gasteiger partial charge in [-0.25, -0.2) is 0 Å². The molecule has 2 N–H and O–H groups in total. The summed E-state index contributed by atoms with van der Waals surface area (Å²) < 4.78 is 0. The Morgan fingerprint density at radius 3 is 2.85 bits per heavy atom. The van der Waals surface area contributed by atoms with Crippen molar-refractivity contribution in [3.05, 3.63) is 0 Å². The molecule has 0 aromatic heterocycles. The molecule has 76 valence electrons. The Kier molecular flexibility index (Phi) is 4.59. The highest BCUT2D eigenvalue weighted by Crippen LogP contribution is 2.32. The van der Waals surface area contributed by atoms with E-state index in [4.69, 9.17) is 5.11 Å². The highest BCUT2D eigenvalue weighted by atomic mass is 32.2. The molecule has 4 heteroatoms. The van der Waals surface area contributed by atoms with Gasteiger partial charge in [-0.2, -0.15) is 11.8 Å². The van der Waals surface area contributed by atoms with Gasteiger partial charge in [-0.1, -0.05) is 6.92 Å². The van der Waals surface area contributed by atoms with Crippen LogP contribution in [0.2, 0.25) is 0 Å². The van der Waals surface area contributed by atoms with E-state index in [1.165, 1.54) is 0 Å². The summed E-state index contributed by atoms with van der Waals surface area (Å²) in [7, 11) is 0. The second-order valence-corrected chi connectivity index (χ2v) is 4.70. The van der Waals surface area contributed by atoms with Crippen molar-refractivity contribution < 1.29 is 9.90 Å². The van der Waals surface area contributed by atoms with Crippen LogP contribution in [0.25, 0.3) is 0 Å². The Morgan fingerprint density at radius 2 is 2.38 bits per heavy atom. The maximum absolute atomic E-state index is 10.8. The first-order valence-electron chi connectivity index (χ1n) is 4.79. The highest BCUT2D eigenvalue weighted by Gasteiger charge is 2.35. The lowest BCUT2D eigenvalue weighted by atomic mass is 10.2. The standard InChI is InChI=1S/C9H17NO2S/c1-2-13-6-5-10-8(9(11)12)7-3-4-7/h7-8,10H,2-6H2,1H3,(H,11,12). The SMILES string of the molecule is CCSCCNC(C(=O)O)C1CC1. The van der Waals surface area contributed by atoms with Gasteiger partial charge in [0.25, 0.3) is 0 Å². The number of rotatable bonds is 7. The van der Waals surface area contributed by atoms with Gasteiger partial charge in [-0.05, 0) is 24.5 Å². The summed E-state index contributed by atoms with van der Waals surface area (Å²) in [5.41, 5.74) is 0. The van der Waals surface area contributed by atoms with Gasteiger partial charge < -0.3 is 10.4 Å². The van der Waals surface area contributed by atoms with Crippen LogP contribution in [0.1, 0.15) is 19.8 Å². The number of hydrogen-bond acceptors (Lipinski definition) is 3. The fourth-order valence-electron chi connectivity index (χ4n) is 1.32. The van der Waals surface area contributed by atoms with Crippen LogP contribution in [0, 0.1) is 5.92 Å². The second kappa shape index (κ2) is 5.50. The molecule has 0 spiro atoms. The van der Waals surface area contributed by atoms with Gasteiger partial charge in [-0.3, -0.25) is 4.79 Å². The third kappa shape index (κ3) is 4.00. The van der Waals surface area contributed by atoms with E-state index < -0.39 is 5.97 Å². The van der Waals surface area contributed by atoms with Crippen molar-refractivity contribution in [3.8, 4) is 0 Å². The monoisotopic (exact) mass is 203 g/mol. The Labute approximate surface area is 83.3 Å². The van der Waals surface area contributed by atoms with Crippen molar-refractivity contribution in [1.29, 1.82) is 0 Å². The van der Waals surface area contributed by atoms with Crippen LogP contribution in [0.4, 0.5) is 0 Å². The van der Waals surface area contributed by atoms with Gasteiger partial charge in [0.15, 0.2) is 0 Å². The molecule has 0 heterocycles. The van der Waals surface area contributed by atoms with Crippen molar-refractivity contribution in [2.75, 3.05) is 18.1 Å². The van der Waals surface area contributed by atoms with Crippen LogP contribution >= 0.6 is 11.8 Å². The molecule has 1 aliphatic rings. The summed E-state index contributed by atoms with van der Waals surface area (Å²) in [5, 5.41) is 12.0. The fourth-order valence-corrected chi connectivity index (χ4v) is 1.87. The molecule has 1 unspecified atom stereocenters. The van der Waals surface area contributed by atoms with E-state index in [0.29, 0.717) is 5.92 Å². The Balaban J connectivity index is 2.11. The van der Waals surface area contributed by atoms with Crippen LogP contribution in [0.15, 0.2) is 0 Å². The molecule has 0 aromatic rings. The van der Waals surface area contributed by atoms with E-state index in [9.17, 15) is 4.79 Å². The largest absolute Gasteiger partial charge is 0.480 e. The third-order valence-corrected chi connectivity index (χ3v) is 3.08. The molecule has 0 amide bonds. The number of aliphatic carboxylic acids is 1. The van der Waals surface area contributed by atoms with Crippen molar-refractivity contribution in [2.24, 2.45) is 5.92 Å². The molecule has 13 heavy (non-hydrogen) atoms. The van der Waals surface area contributed by atoms with E-state index >= 15 is 0 Å². The van der Waals surface area contributed by atoms with Crippen LogP contribution in [-0.2, 0) is 4.79 Å². The Morgan fingerprint density at radius 1 is 1.69 bits per heavy atom. The first kappa shape index (κ1) is 10.9. The molecule has 0 aromatic carbocycles. The number of carboxylic acid groups (broad SMARTS) is 1. The molecule has 0 radical (unpaired) electrons. The molecule has 1 rings (SSSR count). The molecule has 1 saturated carbocycles. The smallest absolute Gasteiger partial charge is 0.320 e. The van der Waals surface area contributed by atoms with Crippen LogP contribution < -0.4 is 5.32 Å². The number of nitrogens with one attached hydrogen (secondary N) is 1. The first-order chi connectivity index (χ1) is 6.25. The van der Waals surface area contributed by atoms with E-state index in [2.05, 4.69) is 12.2 Å². The van der Waals surface area contributed by atoms with E-state index in [1.807, 2.05) is 11.8 Å². The molecule has 1 aliphatic carbocycles. The Hall–Kier alpha value is -0.220. The average Bonchev–Trinajstić information content (AvgIpc) is 2.87. The lowest BCUT2D eigenvalue weighted by molar-refractivity contribution is -0.140. The maximum Gasteiger partial charge on any atom is 0.320 e. The Bertz CT molecular complexity index is 171. The molecule has 1 fully saturated rings. The summed E-state index contributed by atoms with van der Waals surface area (Å²) >= 11 is 1.84. The maximum atomic E-state index is 10.8. The van der Waals surface area contributed by atoms with Crippen LogP contribution in [-0.4, -0.2) is 35.2 Å². The van der Waals surface area contributed by atoms with Crippen LogP contribution in [0.5, 0.6) is 0 Å². The first-order valence-corrected chi connectivity index (χ1v) is 5.95. The van der Waals surface area contributed by atoms with Gasteiger partial charge in [0.05, 0.1) is 0 Å². The predicted molar refractivity (Wildman–Crippen MR) is 55.1 cm³/mol. The minimum Gasteiger partial charge on any atom is -0.480 e. The van der Waals surface area contributed by atoms with Gasteiger partial charge >= 0.3 is 5.97 Å². The summed E-state index contributed by atoms with van der Waals surface area (Å²) in [6.45, 7) is 2.92. The number of hydrogen-bond donors (Lipinski definition) is 2. The number of carboxylic acids is 1. The molecular formula is C9H17NO2S. The van der Waals surface area contributed by atoms with E-state index in [0.717, 1.165) is 30.9 Å².